The Kier molecular flexibility index (Phi) is 1.28. The molecule has 0 radical (unpaired) electrons. The summed E-state index contributed by atoms with van der Waals surface area (Å²) in [6.07, 6.45) is 4.57. The van der Waals surface area contributed by atoms with E-state index in [-0.39, 0.29) is 0 Å². The quantitative estimate of drug-likeness (QED) is 0.600. The van der Waals surface area contributed by atoms with Gasteiger partial charge in [0, 0.05) is 6.20 Å². The van der Waals surface area contributed by atoms with Crippen LogP contribution in [0.4, 0.5) is 4.39 Å². The molecule has 2 rings (SSSR count). The molecule has 0 amide bonds. The van der Waals surface area contributed by atoms with E-state index in [0.717, 1.165) is 0 Å². The molecule has 0 atom stereocenters. The second-order valence-corrected chi connectivity index (χ2v) is 2.05. The van der Waals surface area contributed by atoms with Gasteiger partial charge in [0.15, 0.2) is 0 Å². The van der Waals surface area contributed by atoms with Crippen molar-refractivity contribution in [1.29, 1.82) is 0 Å². The highest BCUT2D eigenvalue weighted by Gasteiger charge is 1.97. The lowest BCUT2D eigenvalue weighted by Crippen LogP contribution is -1.97. The van der Waals surface area contributed by atoms with Crippen molar-refractivity contribution >= 4 is 5.78 Å². The van der Waals surface area contributed by atoms with Gasteiger partial charge in [0.25, 0.3) is 5.78 Å². The van der Waals surface area contributed by atoms with Crippen LogP contribution in [0.2, 0.25) is 0 Å². The van der Waals surface area contributed by atoms with E-state index in [2.05, 4.69) is 15.1 Å². The van der Waals surface area contributed by atoms with Gasteiger partial charge >= 0.3 is 0 Å². The van der Waals surface area contributed by atoms with Crippen molar-refractivity contribution in [3.05, 3.63) is 24.3 Å². The molecule has 2 heterocycles. The monoisotopic (exact) mass is 152 g/mol. The Bertz CT molecular complexity index is 369. The van der Waals surface area contributed by atoms with Crippen LogP contribution in [0.25, 0.3) is 5.78 Å². The molecular weight excluding hydrogens is 147 g/mol. The standard InChI is InChI=1S/C6H5FN4/c7-3-5-4-9-6-8-1-2-11(6)10-5/h1-2,4H,3H2. The Labute approximate surface area is 61.7 Å². The zero-order valence-electron chi connectivity index (χ0n) is 5.61. The van der Waals surface area contributed by atoms with Crippen LogP contribution in [-0.4, -0.2) is 19.6 Å². The molecule has 56 valence electrons. The highest BCUT2D eigenvalue weighted by atomic mass is 19.1. The van der Waals surface area contributed by atoms with Gasteiger partial charge in [-0.15, -0.1) is 0 Å². The van der Waals surface area contributed by atoms with Crippen molar-refractivity contribution in [2.24, 2.45) is 0 Å². The van der Waals surface area contributed by atoms with Gasteiger partial charge in [0.2, 0.25) is 0 Å². The minimum absolute atomic E-state index is 0.315. The van der Waals surface area contributed by atoms with Crippen LogP contribution >= 0.6 is 0 Å². The predicted molar refractivity (Wildman–Crippen MR) is 35.6 cm³/mol. The van der Waals surface area contributed by atoms with Gasteiger partial charge in [-0.1, -0.05) is 0 Å². The van der Waals surface area contributed by atoms with Crippen LogP contribution in [0, 0.1) is 0 Å². The lowest BCUT2D eigenvalue weighted by Gasteiger charge is -1.92. The predicted octanol–water partition coefficient (Wildman–Crippen LogP) is 0.594. The first-order valence-electron chi connectivity index (χ1n) is 3.11. The van der Waals surface area contributed by atoms with Gasteiger partial charge in [0.1, 0.15) is 12.4 Å². The minimum atomic E-state index is -0.596. The molecule has 0 saturated heterocycles. The Morgan fingerprint density at radius 3 is 3.18 bits per heavy atom. The normalized spacial score (nSPS) is 10.6. The molecular formula is C6H5FN4. The van der Waals surface area contributed by atoms with E-state index in [1.54, 1.807) is 12.4 Å². The highest BCUT2D eigenvalue weighted by molar-refractivity contribution is 5.24. The molecule has 0 aliphatic heterocycles. The van der Waals surface area contributed by atoms with Crippen LogP contribution in [0.15, 0.2) is 18.6 Å². The number of fused-ring (bicyclic) bond motifs is 1. The molecule has 2 aromatic rings. The summed E-state index contributed by atoms with van der Waals surface area (Å²) in [7, 11) is 0. The lowest BCUT2D eigenvalue weighted by molar-refractivity contribution is 0.469. The van der Waals surface area contributed by atoms with E-state index >= 15 is 0 Å². The van der Waals surface area contributed by atoms with E-state index in [1.165, 1.54) is 10.7 Å². The minimum Gasteiger partial charge on any atom is -0.244 e. The maximum Gasteiger partial charge on any atom is 0.250 e. The van der Waals surface area contributed by atoms with E-state index in [9.17, 15) is 4.39 Å². The van der Waals surface area contributed by atoms with Gasteiger partial charge in [-0.2, -0.15) is 5.10 Å². The van der Waals surface area contributed by atoms with Crippen molar-refractivity contribution < 1.29 is 4.39 Å². The smallest absolute Gasteiger partial charge is 0.244 e. The number of nitrogens with zero attached hydrogens (tertiary/aromatic N) is 4. The molecule has 0 aliphatic rings. The van der Waals surface area contributed by atoms with Crippen molar-refractivity contribution in [3.8, 4) is 0 Å². The Hall–Kier alpha value is -1.52. The Morgan fingerprint density at radius 2 is 2.36 bits per heavy atom. The van der Waals surface area contributed by atoms with Gasteiger partial charge in [-0.3, -0.25) is 0 Å². The lowest BCUT2D eigenvalue weighted by atomic mass is 10.5. The summed E-state index contributed by atoms with van der Waals surface area (Å²) in [6, 6.07) is 0. The van der Waals surface area contributed by atoms with Crippen LogP contribution in [0.1, 0.15) is 5.69 Å². The first-order chi connectivity index (χ1) is 5.40. The molecule has 2 aromatic heterocycles. The fraction of sp³-hybridized carbons (Fsp3) is 0.167. The maximum absolute atomic E-state index is 12.0. The number of rotatable bonds is 1. The van der Waals surface area contributed by atoms with E-state index < -0.39 is 6.67 Å². The number of aromatic nitrogens is 4. The number of hydrogen-bond donors (Lipinski definition) is 0. The Balaban J connectivity index is 2.67. The molecule has 4 nitrogen and oxygen atoms in total. The largest absolute Gasteiger partial charge is 0.250 e. The van der Waals surface area contributed by atoms with Crippen LogP contribution in [0.5, 0.6) is 0 Å². The molecule has 5 heteroatoms. The van der Waals surface area contributed by atoms with Gasteiger partial charge in [-0.05, 0) is 0 Å². The molecule has 0 N–H and O–H groups in total. The third-order valence-electron chi connectivity index (χ3n) is 1.30. The second kappa shape index (κ2) is 2.26. The molecule has 0 aliphatic carbocycles. The summed E-state index contributed by atoms with van der Waals surface area (Å²) in [4.78, 5) is 7.72. The SMILES string of the molecule is FCc1cnc2nccn2n1. The molecule has 0 unspecified atom stereocenters. The molecule has 0 aromatic carbocycles. The van der Waals surface area contributed by atoms with Crippen molar-refractivity contribution in [2.75, 3.05) is 0 Å². The van der Waals surface area contributed by atoms with Crippen LogP contribution < -0.4 is 0 Å². The Morgan fingerprint density at radius 1 is 1.45 bits per heavy atom. The first-order valence-corrected chi connectivity index (χ1v) is 3.11. The summed E-state index contributed by atoms with van der Waals surface area (Å²) in [5.41, 5.74) is 0.315. The molecule has 0 fully saturated rings. The number of alkyl halides is 1. The first kappa shape index (κ1) is 6.21. The van der Waals surface area contributed by atoms with E-state index in [1.807, 2.05) is 0 Å². The molecule has 0 saturated carbocycles. The van der Waals surface area contributed by atoms with Crippen LogP contribution in [-0.2, 0) is 6.67 Å². The topological polar surface area (TPSA) is 43.1 Å². The summed E-state index contributed by atoms with van der Waals surface area (Å²) in [6.45, 7) is -0.596. The fourth-order valence-corrected chi connectivity index (χ4v) is 0.817. The van der Waals surface area contributed by atoms with Crippen LogP contribution in [0.3, 0.4) is 0 Å². The molecule has 0 bridgehead atoms. The number of imidazole rings is 1. The summed E-state index contributed by atoms with van der Waals surface area (Å²) in [5.74, 6) is 0.488. The highest BCUT2D eigenvalue weighted by Crippen LogP contribution is 1.96. The molecule has 11 heavy (non-hydrogen) atoms. The zero-order valence-corrected chi connectivity index (χ0v) is 5.61. The third kappa shape index (κ3) is 0.938. The van der Waals surface area contributed by atoms with Crippen molar-refractivity contribution in [2.45, 2.75) is 6.67 Å². The van der Waals surface area contributed by atoms with Crippen molar-refractivity contribution in [1.82, 2.24) is 19.6 Å². The van der Waals surface area contributed by atoms with Gasteiger partial charge in [-0.25, -0.2) is 18.9 Å². The number of halogens is 1. The molecule has 0 spiro atoms. The third-order valence-corrected chi connectivity index (χ3v) is 1.30. The maximum atomic E-state index is 12.0. The van der Waals surface area contributed by atoms with E-state index in [4.69, 9.17) is 0 Å². The average Bonchev–Trinajstić information content (AvgIpc) is 2.50. The van der Waals surface area contributed by atoms with Gasteiger partial charge in [0.05, 0.1) is 12.4 Å². The average molecular weight is 152 g/mol. The summed E-state index contributed by atoms with van der Waals surface area (Å²) < 4.78 is 13.5. The zero-order chi connectivity index (χ0) is 7.68. The van der Waals surface area contributed by atoms with Gasteiger partial charge < -0.3 is 0 Å². The second-order valence-electron chi connectivity index (χ2n) is 2.05. The summed E-state index contributed by atoms with van der Waals surface area (Å²) >= 11 is 0. The summed E-state index contributed by atoms with van der Waals surface area (Å²) in [5, 5.41) is 3.87. The van der Waals surface area contributed by atoms with E-state index in [0.29, 0.717) is 11.5 Å². The fourth-order valence-electron chi connectivity index (χ4n) is 0.817. The number of hydrogen-bond acceptors (Lipinski definition) is 3. The van der Waals surface area contributed by atoms with Crippen molar-refractivity contribution in [3.63, 3.8) is 0 Å².